The Kier molecular flexibility index (Phi) is 5.69. The minimum atomic E-state index is -0.301. The van der Waals surface area contributed by atoms with Gasteiger partial charge in [0.25, 0.3) is 0 Å². The van der Waals surface area contributed by atoms with E-state index >= 15 is 0 Å². The Balaban J connectivity index is 1.67. The molecule has 26 heavy (non-hydrogen) atoms. The Morgan fingerprint density at radius 2 is 1.88 bits per heavy atom. The molecule has 0 aromatic heterocycles. The largest absolute Gasteiger partial charge is 0.493 e. The highest BCUT2D eigenvalue weighted by Gasteiger charge is 2.36. The van der Waals surface area contributed by atoms with Crippen LogP contribution in [0, 0.1) is 11.8 Å². The summed E-state index contributed by atoms with van der Waals surface area (Å²) in [7, 11) is 3.14. The highest BCUT2D eigenvalue weighted by molar-refractivity contribution is 6.00. The summed E-state index contributed by atoms with van der Waals surface area (Å²) in [4.78, 5) is 26.8. The maximum atomic E-state index is 12.7. The molecule has 2 amide bonds. The fourth-order valence-corrected chi connectivity index (χ4v) is 3.96. The first kappa shape index (κ1) is 18.5. The van der Waals surface area contributed by atoms with E-state index in [1.54, 1.807) is 31.3 Å². The van der Waals surface area contributed by atoms with Gasteiger partial charge in [0.2, 0.25) is 11.8 Å². The van der Waals surface area contributed by atoms with Crippen molar-refractivity contribution >= 4 is 17.5 Å². The van der Waals surface area contributed by atoms with Crippen molar-refractivity contribution in [2.75, 3.05) is 25.7 Å². The quantitative estimate of drug-likeness (QED) is 0.877. The average Bonchev–Trinajstić information content (AvgIpc) is 3.05. The van der Waals surface area contributed by atoms with E-state index in [2.05, 4.69) is 12.2 Å². The van der Waals surface area contributed by atoms with Crippen LogP contribution in [-0.2, 0) is 9.59 Å². The van der Waals surface area contributed by atoms with Crippen LogP contribution in [0.15, 0.2) is 18.2 Å². The number of hydrogen-bond acceptors (Lipinski definition) is 4. The summed E-state index contributed by atoms with van der Waals surface area (Å²) >= 11 is 0. The van der Waals surface area contributed by atoms with Gasteiger partial charge in [0.1, 0.15) is 0 Å². The molecule has 1 aromatic carbocycles. The van der Waals surface area contributed by atoms with Gasteiger partial charge in [-0.1, -0.05) is 19.8 Å². The molecule has 1 aromatic rings. The van der Waals surface area contributed by atoms with E-state index in [4.69, 9.17) is 9.47 Å². The van der Waals surface area contributed by atoms with Crippen molar-refractivity contribution in [1.82, 2.24) is 5.32 Å². The topological polar surface area (TPSA) is 67.9 Å². The zero-order valence-corrected chi connectivity index (χ0v) is 15.8. The van der Waals surface area contributed by atoms with Crippen molar-refractivity contribution in [3.63, 3.8) is 0 Å². The maximum Gasteiger partial charge on any atom is 0.227 e. The van der Waals surface area contributed by atoms with Crippen LogP contribution in [0.3, 0.4) is 0 Å². The molecule has 1 heterocycles. The number of hydrogen-bond donors (Lipinski definition) is 1. The van der Waals surface area contributed by atoms with Gasteiger partial charge in [0.15, 0.2) is 11.5 Å². The molecular formula is C20H28N2O4. The van der Waals surface area contributed by atoms with E-state index in [0.29, 0.717) is 24.0 Å². The summed E-state index contributed by atoms with van der Waals surface area (Å²) in [6, 6.07) is 5.61. The van der Waals surface area contributed by atoms with Gasteiger partial charge in [-0.15, -0.1) is 0 Å². The number of nitrogens with one attached hydrogen (secondary N) is 1. The van der Waals surface area contributed by atoms with E-state index < -0.39 is 0 Å². The molecule has 1 aliphatic heterocycles. The first-order valence-corrected chi connectivity index (χ1v) is 9.36. The third-order valence-corrected chi connectivity index (χ3v) is 5.61. The molecule has 6 nitrogen and oxygen atoms in total. The number of amides is 2. The first-order chi connectivity index (χ1) is 12.5. The van der Waals surface area contributed by atoms with Crippen molar-refractivity contribution in [3.8, 4) is 11.5 Å². The monoisotopic (exact) mass is 360 g/mol. The minimum absolute atomic E-state index is 0.0000710. The van der Waals surface area contributed by atoms with Gasteiger partial charge in [-0.25, -0.2) is 0 Å². The second kappa shape index (κ2) is 7.98. The third kappa shape index (κ3) is 3.79. The van der Waals surface area contributed by atoms with E-state index in [9.17, 15) is 9.59 Å². The molecule has 2 aliphatic rings. The predicted octanol–water partition coefficient (Wildman–Crippen LogP) is 2.75. The average molecular weight is 360 g/mol. The number of carbonyl (C=O) groups is 2. The molecular weight excluding hydrogens is 332 g/mol. The second-order valence-electron chi connectivity index (χ2n) is 7.32. The van der Waals surface area contributed by atoms with Gasteiger partial charge in [0, 0.05) is 30.8 Å². The molecule has 6 heteroatoms. The smallest absolute Gasteiger partial charge is 0.227 e. The Morgan fingerprint density at radius 1 is 1.15 bits per heavy atom. The molecule has 1 aliphatic carbocycles. The van der Waals surface area contributed by atoms with Crippen molar-refractivity contribution in [2.45, 2.75) is 45.1 Å². The van der Waals surface area contributed by atoms with Crippen LogP contribution >= 0.6 is 0 Å². The SMILES string of the molecule is COc1ccc(N2CC(C(=O)NC3CCCCC3C)CC2=O)cc1OC. The second-order valence-corrected chi connectivity index (χ2v) is 7.32. The van der Waals surface area contributed by atoms with E-state index in [1.165, 1.54) is 6.42 Å². The minimum Gasteiger partial charge on any atom is -0.493 e. The summed E-state index contributed by atoms with van der Waals surface area (Å²) in [5.74, 6) is 1.36. The van der Waals surface area contributed by atoms with Gasteiger partial charge in [0.05, 0.1) is 20.1 Å². The summed E-state index contributed by atoms with van der Waals surface area (Å²) in [5.41, 5.74) is 0.731. The number of rotatable bonds is 5. The lowest BCUT2D eigenvalue weighted by atomic mass is 9.85. The molecule has 0 bridgehead atoms. The van der Waals surface area contributed by atoms with Crippen LogP contribution in [0.4, 0.5) is 5.69 Å². The van der Waals surface area contributed by atoms with Crippen LogP contribution in [0.2, 0.25) is 0 Å². The normalized spacial score (nSPS) is 25.9. The molecule has 142 valence electrons. The number of benzene rings is 1. The van der Waals surface area contributed by atoms with Crippen LogP contribution in [0.1, 0.15) is 39.0 Å². The first-order valence-electron chi connectivity index (χ1n) is 9.36. The number of nitrogens with zero attached hydrogens (tertiary/aromatic N) is 1. The highest BCUT2D eigenvalue weighted by atomic mass is 16.5. The molecule has 0 radical (unpaired) electrons. The van der Waals surface area contributed by atoms with Crippen molar-refractivity contribution < 1.29 is 19.1 Å². The fourth-order valence-electron chi connectivity index (χ4n) is 3.96. The number of carbonyl (C=O) groups excluding carboxylic acids is 2. The molecule has 1 saturated heterocycles. The summed E-state index contributed by atoms with van der Waals surface area (Å²) < 4.78 is 10.6. The molecule has 3 rings (SSSR count). The van der Waals surface area contributed by atoms with E-state index in [0.717, 1.165) is 24.9 Å². The Morgan fingerprint density at radius 3 is 2.58 bits per heavy atom. The zero-order chi connectivity index (χ0) is 18.7. The van der Waals surface area contributed by atoms with Gasteiger partial charge < -0.3 is 19.7 Å². The van der Waals surface area contributed by atoms with Crippen molar-refractivity contribution in [2.24, 2.45) is 11.8 Å². The van der Waals surface area contributed by atoms with Crippen LogP contribution in [0.5, 0.6) is 11.5 Å². The number of ether oxygens (including phenoxy) is 2. The molecule has 1 N–H and O–H groups in total. The number of anilines is 1. The van der Waals surface area contributed by atoms with Crippen LogP contribution in [-0.4, -0.2) is 38.6 Å². The molecule has 0 spiro atoms. The van der Waals surface area contributed by atoms with E-state index in [-0.39, 0.29) is 30.2 Å². The summed E-state index contributed by atoms with van der Waals surface area (Å²) in [6.45, 7) is 2.60. The third-order valence-electron chi connectivity index (χ3n) is 5.61. The van der Waals surface area contributed by atoms with Gasteiger partial charge in [-0.3, -0.25) is 9.59 Å². The predicted molar refractivity (Wildman–Crippen MR) is 99.6 cm³/mol. The molecule has 3 atom stereocenters. The lowest BCUT2D eigenvalue weighted by molar-refractivity contribution is -0.127. The Labute approximate surface area is 154 Å². The van der Waals surface area contributed by atoms with Crippen molar-refractivity contribution in [3.05, 3.63) is 18.2 Å². The van der Waals surface area contributed by atoms with Crippen LogP contribution < -0.4 is 19.7 Å². The molecule has 2 fully saturated rings. The fraction of sp³-hybridized carbons (Fsp3) is 0.600. The van der Waals surface area contributed by atoms with Crippen LogP contribution in [0.25, 0.3) is 0 Å². The Bertz CT molecular complexity index is 676. The van der Waals surface area contributed by atoms with Gasteiger partial charge in [-0.05, 0) is 30.9 Å². The maximum absolute atomic E-state index is 12.7. The standard InChI is InChI=1S/C20H28N2O4/c1-13-6-4-5-7-16(13)21-20(24)14-10-19(23)22(12-14)15-8-9-17(25-2)18(11-15)26-3/h8-9,11,13-14,16H,4-7,10,12H2,1-3H3,(H,21,24). The van der Waals surface area contributed by atoms with E-state index in [1.807, 2.05) is 6.07 Å². The van der Waals surface area contributed by atoms with Gasteiger partial charge in [-0.2, -0.15) is 0 Å². The summed E-state index contributed by atoms with van der Waals surface area (Å²) in [6.07, 6.45) is 4.85. The summed E-state index contributed by atoms with van der Waals surface area (Å²) in [5, 5.41) is 3.18. The van der Waals surface area contributed by atoms with Crippen molar-refractivity contribution in [1.29, 1.82) is 0 Å². The van der Waals surface area contributed by atoms with Gasteiger partial charge >= 0.3 is 0 Å². The zero-order valence-electron chi connectivity index (χ0n) is 15.8. The number of methoxy groups -OCH3 is 2. The molecule has 1 saturated carbocycles. The highest BCUT2D eigenvalue weighted by Crippen LogP contribution is 2.34. The lowest BCUT2D eigenvalue weighted by Gasteiger charge is -2.30. The Hall–Kier alpha value is -2.24. The lowest BCUT2D eigenvalue weighted by Crippen LogP contribution is -2.44. The molecule has 3 unspecified atom stereocenters.